The lowest BCUT2D eigenvalue weighted by Crippen LogP contribution is -2.31. The van der Waals surface area contributed by atoms with Crippen LogP contribution in [0.5, 0.6) is 0 Å². The van der Waals surface area contributed by atoms with Crippen LogP contribution in [-0.4, -0.2) is 28.9 Å². The fraction of sp³-hybridized carbons (Fsp3) is 0.571. The number of unbranched alkanes of at least 4 members (excludes halogenated alkanes) is 2. The van der Waals surface area contributed by atoms with E-state index in [2.05, 4.69) is 11.9 Å². The van der Waals surface area contributed by atoms with E-state index in [-0.39, 0.29) is 5.91 Å². The summed E-state index contributed by atoms with van der Waals surface area (Å²) in [7, 11) is 0. The lowest BCUT2D eigenvalue weighted by Gasteiger charge is -2.20. The first kappa shape index (κ1) is 13.7. The van der Waals surface area contributed by atoms with Gasteiger partial charge in [0.05, 0.1) is 0 Å². The van der Waals surface area contributed by atoms with Crippen molar-refractivity contribution in [1.29, 1.82) is 0 Å². The first-order chi connectivity index (χ1) is 8.24. The molecule has 1 rings (SSSR count). The van der Waals surface area contributed by atoms with Crippen molar-refractivity contribution in [2.45, 2.75) is 39.5 Å². The molecule has 0 radical (unpaired) electrons. The van der Waals surface area contributed by atoms with Crippen LogP contribution < -0.4 is 0 Å². The lowest BCUT2D eigenvalue weighted by molar-refractivity contribution is -0.128. The predicted octanol–water partition coefficient (Wildman–Crippen LogP) is 2.66. The second-order valence-corrected chi connectivity index (χ2v) is 4.28. The summed E-state index contributed by atoms with van der Waals surface area (Å²) in [6.07, 6.45) is 6.11. The molecule has 1 aromatic rings. The second-order valence-electron chi connectivity index (χ2n) is 4.28. The molecule has 17 heavy (non-hydrogen) atoms. The van der Waals surface area contributed by atoms with Gasteiger partial charge in [0.25, 0.3) is 0 Å². The molecule has 3 nitrogen and oxygen atoms in total. The van der Waals surface area contributed by atoms with Gasteiger partial charge < -0.3 is 4.90 Å². The fourth-order valence-corrected chi connectivity index (χ4v) is 1.77. The average Bonchev–Trinajstić information content (AvgIpc) is 2.34. The molecule has 0 aliphatic carbocycles. The van der Waals surface area contributed by atoms with Crippen LogP contribution in [0.1, 0.15) is 38.8 Å². The van der Waals surface area contributed by atoms with Gasteiger partial charge in [-0.25, -0.2) is 0 Å². The van der Waals surface area contributed by atoms with Gasteiger partial charge in [-0.1, -0.05) is 25.8 Å². The van der Waals surface area contributed by atoms with Crippen molar-refractivity contribution < 1.29 is 4.79 Å². The van der Waals surface area contributed by atoms with E-state index in [9.17, 15) is 4.79 Å². The Morgan fingerprint density at radius 1 is 1.29 bits per heavy atom. The lowest BCUT2D eigenvalue weighted by atomic mass is 10.2. The largest absolute Gasteiger partial charge is 0.343 e. The molecule has 0 bridgehead atoms. The maximum Gasteiger partial charge on any atom is 0.219 e. The number of amides is 1. The molecule has 1 aromatic heterocycles. The van der Waals surface area contributed by atoms with E-state index in [4.69, 9.17) is 0 Å². The number of nitrogens with zero attached hydrogens (tertiary/aromatic N) is 2. The predicted molar refractivity (Wildman–Crippen MR) is 69.7 cm³/mol. The van der Waals surface area contributed by atoms with Gasteiger partial charge in [-0.15, -0.1) is 0 Å². The Hall–Kier alpha value is -1.38. The molecule has 0 aliphatic rings. The van der Waals surface area contributed by atoms with E-state index in [0.717, 1.165) is 31.6 Å². The molecule has 0 saturated carbocycles. The Kier molecular flexibility index (Phi) is 6.30. The van der Waals surface area contributed by atoms with Crippen LogP contribution >= 0.6 is 0 Å². The van der Waals surface area contributed by atoms with Crippen molar-refractivity contribution in [3.05, 3.63) is 30.1 Å². The van der Waals surface area contributed by atoms with Gasteiger partial charge in [-0.05, 0) is 18.6 Å². The molecule has 1 heterocycles. The van der Waals surface area contributed by atoms with E-state index < -0.39 is 0 Å². The third-order valence-corrected chi connectivity index (χ3v) is 2.84. The summed E-state index contributed by atoms with van der Waals surface area (Å²) in [4.78, 5) is 17.7. The number of pyridine rings is 1. The Balaban J connectivity index is 2.36. The molecule has 0 unspecified atom stereocenters. The molecule has 0 fully saturated rings. The van der Waals surface area contributed by atoms with Crippen LogP contribution in [0, 0.1) is 0 Å². The number of hydrogen-bond acceptors (Lipinski definition) is 2. The molecule has 3 heteroatoms. The average molecular weight is 234 g/mol. The Morgan fingerprint density at radius 3 is 2.71 bits per heavy atom. The Labute approximate surface area is 104 Å². The van der Waals surface area contributed by atoms with Crippen LogP contribution in [0.25, 0.3) is 0 Å². The summed E-state index contributed by atoms with van der Waals surface area (Å²) in [6, 6.07) is 5.90. The second kappa shape index (κ2) is 7.82. The van der Waals surface area contributed by atoms with E-state index in [1.807, 2.05) is 23.1 Å². The summed E-state index contributed by atoms with van der Waals surface area (Å²) >= 11 is 0. The highest BCUT2D eigenvalue weighted by atomic mass is 16.2. The minimum absolute atomic E-state index is 0.164. The van der Waals surface area contributed by atoms with E-state index in [0.29, 0.717) is 0 Å². The van der Waals surface area contributed by atoms with Crippen molar-refractivity contribution in [3.63, 3.8) is 0 Å². The van der Waals surface area contributed by atoms with Crippen molar-refractivity contribution in [2.24, 2.45) is 0 Å². The maximum absolute atomic E-state index is 11.5. The molecule has 0 aromatic carbocycles. The number of rotatable bonds is 7. The minimum atomic E-state index is 0.164. The van der Waals surface area contributed by atoms with Gasteiger partial charge in [0.1, 0.15) is 0 Å². The van der Waals surface area contributed by atoms with Gasteiger partial charge in [-0.3, -0.25) is 9.78 Å². The quantitative estimate of drug-likeness (QED) is 0.680. The van der Waals surface area contributed by atoms with Crippen LogP contribution in [0.2, 0.25) is 0 Å². The van der Waals surface area contributed by atoms with Crippen LogP contribution in [-0.2, 0) is 11.2 Å². The molecule has 0 aliphatic heterocycles. The molecule has 0 spiro atoms. The van der Waals surface area contributed by atoms with Gasteiger partial charge in [-0.2, -0.15) is 0 Å². The molecule has 0 N–H and O–H groups in total. The standard InChI is InChI=1S/C14H22N2O/c1-3-4-7-11-16(13(2)17)12-9-14-8-5-6-10-15-14/h5-6,8,10H,3-4,7,9,11-12H2,1-2H3. The maximum atomic E-state index is 11.5. The van der Waals surface area contributed by atoms with Crippen molar-refractivity contribution >= 4 is 5.91 Å². The van der Waals surface area contributed by atoms with Gasteiger partial charge in [0, 0.05) is 38.3 Å². The highest BCUT2D eigenvalue weighted by Gasteiger charge is 2.08. The molecular formula is C14H22N2O. The zero-order valence-electron chi connectivity index (χ0n) is 10.9. The summed E-state index contributed by atoms with van der Waals surface area (Å²) in [5, 5.41) is 0. The number of carbonyl (C=O) groups excluding carboxylic acids is 1. The summed E-state index contributed by atoms with van der Waals surface area (Å²) < 4.78 is 0. The van der Waals surface area contributed by atoms with Crippen molar-refractivity contribution in [1.82, 2.24) is 9.88 Å². The fourth-order valence-electron chi connectivity index (χ4n) is 1.77. The zero-order valence-corrected chi connectivity index (χ0v) is 10.9. The number of aromatic nitrogens is 1. The number of carbonyl (C=O) groups is 1. The first-order valence-electron chi connectivity index (χ1n) is 6.39. The highest BCUT2D eigenvalue weighted by Crippen LogP contribution is 2.02. The summed E-state index contributed by atoms with van der Waals surface area (Å²) in [5.41, 5.74) is 1.05. The molecule has 0 atom stereocenters. The third-order valence-electron chi connectivity index (χ3n) is 2.84. The normalized spacial score (nSPS) is 10.2. The molecule has 0 saturated heterocycles. The molecule has 94 valence electrons. The summed E-state index contributed by atoms with van der Waals surface area (Å²) in [6.45, 7) is 5.46. The van der Waals surface area contributed by atoms with Gasteiger partial charge in [0.2, 0.25) is 5.91 Å². The Morgan fingerprint density at radius 2 is 2.12 bits per heavy atom. The number of hydrogen-bond donors (Lipinski definition) is 0. The highest BCUT2D eigenvalue weighted by molar-refractivity contribution is 5.73. The first-order valence-corrected chi connectivity index (χ1v) is 6.39. The van der Waals surface area contributed by atoms with Crippen LogP contribution in [0.15, 0.2) is 24.4 Å². The van der Waals surface area contributed by atoms with Gasteiger partial charge >= 0.3 is 0 Å². The smallest absolute Gasteiger partial charge is 0.219 e. The third kappa shape index (κ3) is 5.48. The molecule has 1 amide bonds. The topological polar surface area (TPSA) is 33.2 Å². The SMILES string of the molecule is CCCCCN(CCc1ccccn1)C(C)=O. The minimum Gasteiger partial charge on any atom is -0.343 e. The van der Waals surface area contributed by atoms with Crippen LogP contribution in [0.4, 0.5) is 0 Å². The van der Waals surface area contributed by atoms with Gasteiger partial charge in [0.15, 0.2) is 0 Å². The monoisotopic (exact) mass is 234 g/mol. The van der Waals surface area contributed by atoms with E-state index >= 15 is 0 Å². The molecular weight excluding hydrogens is 212 g/mol. The zero-order chi connectivity index (χ0) is 12.5. The van der Waals surface area contributed by atoms with Crippen LogP contribution in [0.3, 0.4) is 0 Å². The Bertz CT molecular complexity index is 324. The van der Waals surface area contributed by atoms with E-state index in [1.165, 1.54) is 12.8 Å². The van der Waals surface area contributed by atoms with Crippen molar-refractivity contribution in [3.8, 4) is 0 Å². The van der Waals surface area contributed by atoms with E-state index in [1.54, 1.807) is 13.1 Å². The summed E-state index contributed by atoms with van der Waals surface area (Å²) in [5.74, 6) is 0.164. The van der Waals surface area contributed by atoms with Crippen molar-refractivity contribution in [2.75, 3.05) is 13.1 Å².